The van der Waals surface area contributed by atoms with Gasteiger partial charge in [0.05, 0.1) is 13.2 Å². The van der Waals surface area contributed by atoms with Crippen LogP contribution < -0.4 is 0 Å². The largest absolute Gasteiger partial charge is 0.461 e. The Kier molecular flexibility index (Phi) is 3.11. The Morgan fingerprint density at radius 3 is 2.85 bits per heavy atom. The highest BCUT2D eigenvalue weighted by molar-refractivity contribution is 7.99. The number of hydrogen-bond acceptors (Lipinski definition) is 4. The number of ether oxygens (including phenoxy) is 2. The van der Waals surface area contributed by atoms with Crippen molar-refractivity contribution >= 4 is 17.7 Å². The maximum absolute atomic E-state index is 11.4. The van der Waals surface area contributed by atoms with Crippen molar-refractivity contribution in [2.75, 3.05) is 24.7 Å². The first-order chi connectivity index (χ1) is 6.36. The van der Waals surface area contributed by atoms with Crippen molar-refractivity contribution in [2.45, 2.75) is 18.9 Å². The molecule has 0 aromatic carbocycles. The number of carbonyl (C=O) groups excluding carboxylic acids is 1. The van der Waals surface area contributed by atoms with Gasteiger partial charge in [-0.1, -0.05) is 0 Å². The van der Waals surface area contributed by atoms with Gasteiger partial charge in [-0.2, -0.15) is 11.8 Å². The molecule has 4 heteroatoms. The number of esters is 1. The molecule has 0 bridgehead atoms. The molecule has 2 aliphatic rings. The molecule has 2 heterocycles. The van der Waals surface area contributed by atoms with E-state index in [4.69, 9.17) is 9.47 Å². The standard InChI is InChI=1S/C9H14O3S/c10-9(7-4-11-5-7)12-8-2-1-3-13-6-8/h7-8H,1-6H2. The van der Waals surface area contributed by atoms with Gasteiger partial charge in [-0.3, -0.25) is 4.79 Å². The zero-order valence-electron chi connectivity index (χ0n) is 7.53. The predicted molar refractivity (Wildman–Crippen MR) is 50.7 cm³/mol. The molecular weight excluding hydrogens is 188 g/mol. The van der Waals surface area contributed by atoms with Gasteiger partial charge in [0.15, 0.2) is 0 Å². The fourth-order valence-corrected chi connectivity index (χ4v) is 2.47. The molecule has 0 spiro atoms. The van der Waals surface area contributed by atoms with E-state index in [2.05, 4.69) is 0 Å². The van der Waals surface area contributed by atoms with Gasteiger partial charge in [0.2, 0.25) is 0 Å². The molecule has 0 amide bonds. The molecule has 0 N–H and O–H groups in total. The first kappa shape index (κ1) is 9.34. The van der Waals surface area contributed by atoms with Crippen molar-refractivity contribution in [3.8, 4) is 0 Å². The van der Waals surface area contributed by atoms with Crippen LogP contribution in [0.2, 0.25) is 0 Å². The van der Waals surface area contributed by atoms with Crippen LogP contribution in [0.3, 0.4) is 0 Å². The Bertz CT molecular complexity index is 185. The Morgan fingerprint density at radius 1 is 1.46 bits per heavy atom. The molecule has 0 aliphatic carbocycles. The van der Waals surface area contributed by atoms with Crippen LogP contribution in [0.1, 0.15) is 12.8 Å². The molecule has 1 atom stereocenters. The summed E-state index contributed by atoms with van der Waals surface area (Å²) >= 11 is 1.87. The summed E-state index contributed by atoms with van der Waals surface area (Å²) in [6, 6.07) is 0. The summed E-state index contributed by atoms with van der Waals surface area (Å²) in [6.07, 6.45) is 2.36. The first-order valence-corrected chi connectivity index (χ1v) is 5.88. The molecule has 3 nitrogen and oxygen atoms in total. The van der Waals surface area contributed by atoms with Gasteiger partial charge in [-0.25, -0.2) is 0 Å². The second kappa shape index (κ2) is 4.33. The summed E-state index contributed by atoms with van der Waals surface area (Å²) in [5.74, 6) is 2.14. The molecular formula is C9H14O3S. The number of carbonyl (C=O) groups is 1. The third kappa shape index (κ3) is 2.38. The molecule has 2 saturated heterocycles. The second-order valence-corrected chi connectivity index (χ2v) is 4.66. The zero-order valence-corrected chi connectivity index (χ0v) is 8.35. The lowest BCUT2D eigenvalue weighted by Gasteiger charge is -2.28. The summed E-state index contributed by atoms with van der Waals surface area (Å²) < 4.78 is 10.3. The van der Waals surface area contributed by atoms with Crippen LogP contribution in [0.15, 0.2) is 0 Å². The lowest BCUT2D eigenvalue weighted by molar-refractivity contribution is -0.168. The Hall–Kier alpha value is -0.220. The molecule has 0 radical (unpaired) electrons. The van der Waals surface area contributed by atoms with Gasteiger partial charge in [0, 0.05) is 5.75 Å². The topological polar surface area (TPSA) is 35.5 Å². The number of thioether (sulfide) groups is 1. The molecule has 0 aromatic heterocycles. The lowest BCUT2D eigenvalue weighted by Crippen LogP contribution is -2.38. The van der Waals surface area contributed by atoms with Crippen molar-refractivity contribution < 1.29 is 14.3 Å². The van der Waals surface area contributed by atoms with Crippen molar-refractivity contribution in [3.05, 3.63) is 0 Å². The van der Waals surface area contributed by atoms with Crippen LogP contribution in [0.4, 0.5) is 0 Å². The fraction of sp³-hybridized carbons (Fsp3) is 0.889. The Balaban J connectivity index is 1.72. The van der Waals surface area contributed by atoms with E-state index < -0.39 is 0 Å². The Labute approximate surface area is 82.2 Å². The number of rotatable bonds is 2. The van der Waals surface area contributed by atoms with Gasteiger partial charge in [-0.15, -0.1) is 0 Å². The monoisotopic (exact) mass is 202 g/mol. The summed E-state index contributed by atoms with van der Waals surface area (Å²) in [5, 5.41) is 0. The molecule has 2 fully saturated rings. The molecule has 74 valence electrons. The quantitative estimate of drug-likeness (QED) is 0.627. The van der Waals surface area contributed by atoms with E-state index >= 15 is 0 Å². The summed E-state index contributed by atoms with van der Waals surface area (Å²) in [4.78, 5) is 11.4. The van der Waals surface area contributed by atoms with E-state index in [1.807, 2.05) is 11.8 Å². The van der Waals surface area contributed by atoms with E-state index in [1.165, 1.54) is 12.2 Å². The summed E-state index contributed by atoms with van der Waals surface area (Å²) in [6.45, 7) is 1.11. The van der Waals surface area contributed by atoms with Crippen LogP contribution in [-0.2, 0) is 14.3 Å². The molecule has 0 aromatic rings. The predicted octanol–water partition coefficient (Wildman–Crippen LogP) is 1.07. The highest BCUT2D eigenvalue weighted by Gasteiger charge is 2.30. The van der Waals surface area contributed by atoms with Crippen molar-refractivity contribution in [2.24, 2.45) is 5.92 Å². The zero-order chi connectivity index (χ0) is 9.10. The van der Waals surface area contributed by atoms with Crippen LogP contribution in [0.25, 0.3) is 0 Å². The molecule has 2 aliphatic heterocycles. The van der Waals surface area contributed by atoms with E-state index in [0.29, 0.717) is 13.2 Å². The van der Waals surface area contributed by atoms with E-state index in [9.17, 15) is 4.79 Å². The highest BCUT2D eigenvalue weighted by atomic mass is 32.2. The minimum absolute atomic E-state index is 0.0203. The van der Waals surface area contributed by atoms with E-state index in [0.717, 1.165) is 12.2 Å². The molecule has 2 rings (SSSR count). The normalized spacial score (nSPS) is 29.4. The SMILES string of the molecule is O=C(OC1CCCSC1)C1COC1. The van der Waals surface area contributed by atoms with Crippen molar-refractivity contribution in [1.29, 1.82) is 0 Å². The average Bonchev–Trinajstić information content (AvgIpc) is 2.02. The van der Waals surface area contributed by atoms with E-state index in [-0.39, 0.29) is 18.0 Å². The maximum atomic E-state index is 11.4. The van der Waals surface area contributed by atoms with Crippen LogP contribution in [-0.4, -0.2) is 36.8 Å². The summed E-state index contributed by atoms with van der Waals surface area (Å²) in [7, 11) is 0. The van der Waals surface area contributed by atoms with Crippen molar-refractivity contribution in [1.82, 2.24) is 0 Å². The molecule has 0 saturated carbocycles. The van der Waals surface area contributed by atoms with Crippen LogP contribution >= 0.6 is 11.8 Å². The van der Waals surface area contributed by atoms with Gasteiger partial charge < -0.3 is 9.47 Å². The van der Waals surface area contributed by atoms with Gasteiger partial charge in [0.1, 0.15) is 12.0 Å². The maximum Gasteiger partial charge on any atom is 0.313 e. The van der Waals surface area contributed by atoms with Gasteiger partial charge >= 0.3 is 5.97 Å². The average molecular weight is 202 g/mol. The lowest BCUT2D eigenvalue weighted by atomic mass is 10.1. The minimum Gasteiger partial charge on any atom is -0.461 e. The van der Waals surface area contributed by atoms with Gasteiger partial charge in [0.25, 0.3) is 0 Å². The van der Waals surface area contributed by atoms with Gasteiger partial charge in [-0.05, 0) is 18.6 Å². The fourth-order valence-electron chi connectivity index (χ4n) is 1.44. The van der Waals surface area contributed by atoms with Crippen LogP contribution in [0.5, 0.6) is 0 Å². The van der Waals surface area contributed by atoms with E-state index in [1.54, 1.807) is 0 Å². The smallest absolute Gasteiger partial charge is 0.313 e. The first-order valence-electron chi connectivity index (χ1n) is 4.72. The number of hydrogen-bond donors (Lipinski definition) is 0. The molecule has 13 heavy (non-hydrogen) atoms. The van der Waals surface area contributed by atoms with Crippen molar-refractivity contribution in [3.63, 3.8) is 0 Å². The minimum atomic E-state index is -0.0567. The third-order valence-electron chi connectivity index (χ3n) is 2.37. The van der Waals surface area contributed by atoms with Crippen LogP contribution in [0, 0.1) is 5.92 Å². The Morgan fingerprint density at radius 2 is 2.31 bits per heavy atom. The molecule has 1 unspecified atom stereocenters. The second-order valence-electron chi connectivity index (χ2n) is 3.51. The highest BCUT2D eigenvalue weighted by Crippen LogP contribution is 2.21. The third-order valence-corrected chi connectivity index (χ3v) is 3.56. The summed E-state index contributed by atoms with van der Waals surface area (Å²) in [5.41, 5.74) is 0.